The van der Waals surface area contributed by atoms with Crippen LogP contribution in [0.2, 0.25) is 5.82 Å². The zero-order valence-electron chi connectivity index (χ0n) is 15.3. The third-order valence-electron chi connectivity index (χ3n) is 6.47. The monoisotopic (exact) mass is 292 g/mol. The van der Waals surface area contributed by atoms with Crippen molar-refractivity contribution < 1.29 is 9.31 Å². The maximum Gasteiger partial charge on any atom is 0.461 e. The van der Waals surface area contributed by atoms with Crippen molar-refractivity contribution in [1.82, 2.24) is 0 Å². The molecule has 21 heavy (non-hydrogen) atoms. The highest BCUT2D eigenvalue weighted by Crippen LogP contribution is 2.73. The van der Waals surface area contributed by atoms with Gasteiger partial charge in [0.15, 0.2) is 0 Å². The minimum atomic E-state index is -0.193. The van der Waals surface area contributed by atoms with Gasteiger partial charge < -0.3 is 9.31 Å². The molecule has 2 nitrogen and oxygen atoms in total. The van der Waals surface area contributed by atoms with Crippen LogP contribution >= 0.6 is 0 Å². The highest BCUT2D eigenvalue weighted by molar-refractivity contribution is 6.49. The Morgan fingerprint density at radius 1 is 0.714 bits per heavy atom. The average molecular weight is 292 g/mol. The molecule has 0 bridgehead atoms. The van der Waals surface area contributed by atoms with Crippen molar-refractivity contribution in [2.75, 3.05) is 0 Å². The average Bonchev–Trinajstić information content (AvgIpc) is 2.76. The third-order valence-corrected chi connectivity index (χ3v) is 6.47. The van der Waals surface area contributed by atoms with Crippen molar-refractivity contribution in [1.29, 1.82) is 0 Å². The smallest absolute Gasteiger partial charge is 0.403 e. The van der Waals surface area contributed by atoms with Crippen LogP contribution in [0.4, 0.5) is 0 Å². The van der Waals surface area contributed by atoms with E-state index in [1.807, 2.05) is 0 Å². The van der Waals surface area contributed by atoms with Crippen molar-refractivity contribution >= 4 is 7.12 Å². The molecule has 0 aromatic rings. The lowest BCUT2D eigenvalue weighted by atomic mass is 9.57. The van der Waals surface area contributed by atoms with Crippen molar-refractivity contribution in [2.24, 2.45) is 16.2 Å². The second kappa shape index (κ2) is 4.09. The van der Waals surface area contributed by atoms with E-state index < -0.39 is 0 Å². The fourth-order valence-electron chi connectivity index (χ4n) is 5.61. The second-order valence-corrected chi connectivity index (χ2v) is 10.7. The maximum absolute atomic E-state index is 6.33. The lowest BCUT2D eigenvalue weighted by molar-refractivity contribution is 0.00578. The van der Waals surface area contributed by atoms with Crippen LogP contribution in [-0.4, -0.2) is 18.3 Å². The number of hydrogen-bond acceptors (Lipinski definition) is 2. The van der Waals surface area contributed by atoms with Crippen LogP contribution in [0.5, 0.6) is 0 Å². The first-order valence-corrected chi connectivity index (χ1v) is 8.63. The van der Waals surface area contributed by atoms with E-state index in [4.69, 9.17) is 9.31 Å². The molecule has 1 spiro atoms. The van der Waals surface area contributed by atoms with Crippen LogP contribution in [0.3, 0.4) is 0 Å². The molecule has 1 unspecified atom stereocenters. The summed E-state index contributed by atoms with van der Waals surface area (Å²) in [4.78, 5) is 0. The predicted octanol–water partition coefficient (Wildman–Crippen LogP) is 5.08. The van der Waals surface area contributed by atoms with Gasteiger partial charge in [-0.2, -0.15) is 0 Å². The molecule has 3 heteroatoms. The van der Waals surface area contributed by atoms with E-state index in [2.05, 4.69) is 55.4 Å². The molecule has 1 saturated heterocycles. The normalized spacial score (nSPS) is 37.7. The fourth-order valence-corrected chi connectivity index (χ4v) is 5.61. The van der Waals surface area contributed by atoms with Gasteiger partial charge in [-0.05, 0) is 69.6 Å². The Kier molecular flexibility index (Phi) is 3.09. The Morgan fingerprint density at radius 3 is 1.57 bits per heavy atom. The predicted molar refractivity (Wildman–Crippen MR) is 88.3 cm³/mol. The first-order chi connectivity index (χ1) is 9.28. The minimum Gasteiger partial charge on any atom is -0.403 e. The summed E-state index contributed by atoms with van der Waals surface area (Å²) in [6.07, 6.45) is 5.28. The molecule has 0 N–H and O–H groups in total. The van der Waals surface area contributed by atoms with Gasteiger partial charge in [0, 0.05) is 5.82 Å². The van der Waals surface area contributed by atoms with Crippen molar-refractivity contribution in [3.05, 3.63) is 0 Å². The van der Waals surface area contributed by atoms with E-state index in [0.29, 0.717) is 22.1 Å². The van der Waals surface area contributed by atoms with Gasteiger partial charge in [0.05, 0.1) is 11.2 Å². The molecule has 0 aromatic heterocycles. The van der Waals surface area contributed by atoms with Crippen LogP contribution in [-0.2, 0) is 9.31 Å². The highest BCUT2D eigenvalue weighted by atomic mass is 16.7. The van der Waals surface area contributed by atoms with Crippen molar-refractivity contribution in [3.63, 3.8) is 0 Å². The zero-order valence-corrected chi connectivity index (χ0v) is 15.3. The van der Waals surface area contributed by atoms with E-state index in [1.54, 1.807) is 0 Å². The first kappa shape index (κ1) is 15.9. The summed E-state index contributed by atoms with van der Waals surface area (Å²) in [6, 6.07) is 0. The van der Waals surface area contributed by atoms with E-state index >= 15 is 0 Å². The topological polar surface area (TPSA) is 18.5 Å². The summed E-state index contributed by atoms with van der Waals surface area (Å²) in [5.74, 6) is 0.595. The molecule has 0 amide bonds. The standard InChI is InChI=1S/C18H33BO2/c1-14(2)10-15(3,4)12-18(11-14)9-13(18)19-20-16(5,6)17(7,8)21-19/h13H,9-12H2,1-8H3. The molecule has 0 aromatic carbocycles. The van der Waals surface area contributed by atoms with Gasteiger partial charge in [0.1, 0.15) is 0 Å². The molecule has 1 heterocycles. The minimum absolute atomic E-state index is 0.000278. The molecular weight excluding hydrogens is 259 g/mol. The van der Waals surface area contributed by atoms with Gasteiger partial charge in [0.2, 0.25) is 0 Å². The number of rotatable bonds is 1. The van der Waals surface area contributed by atoms with E-state index in [-0.39, 0.29) is 18.3 Å². The van der Waals surface area contributed by atoms with Crippen LogP contribution < -0.4 is 0 Å². The van der Waals surface area contributed by atoms with Crippen LogP contribution in [0, 0.1) is 16.2 Å². The second-order valence-electron chi connectivity index (χ2n) is 10.7. The SMILES string of the molecule is CC1(C)CC(C)(C)CC2(CC2B2OC(C)(C)C(C)(C)O2)C1. The summed E-state index contributed by atoms with van der Waals surface area (Å²) in [7, 11) is -0.000278. The maximum atomic E-state index is 6.33. The van der Waals surface area contributed by atoms with Gasteiger partial charge >= 0.3 is 7.12 Å². The fraction of sp³-hybridized carbons (Fsp3) is 1.00. The van der Waals surface area contributed by atoms with E-state index in [9.17, 15) is 0 Å². The molecule has 3 aliphatic rings. The third kappa shape index (κ3) is 2.59. The molecule has 120 valence electrons. The summed E-state index contributed by atoms with van der Waals surface area (Å²) < 4.78 is 12.7. The Bertz CT molecular complexity index is 418. The summed E-state index contributed by atoms with van der Waals surface area (Å²) in [5, 5.41) is 0. The highest BCUT2D eigenvalue weighted by Gasteiger charge is 2.69. The molecular formula is C18H33BO2. The van der Waals surface area contributed by atoms with Crippen molar-refractivity contribution in [2.45, 2.75) is 98.1 Å². The molecule has 3 fully saturated rings. The first-order valence-electron chi connectivity index (χ1n) is 8.63. The molecule has 1 atom stereocenters. The van der Waals surface area contributed by atoms with E-state index in [0.717, 1.165) is 0 Å². The largest absolute Gasteiger partial charge is 0.461 e. The lowest BCUT2D eigenvalue weighted by Gasteiger charge is -2.46. The van der Waals surface area contributed by atoms with Gasteiger partial charge in [-0.3, -0.25) is 0 Å². The molecule has 0 radical (unpaired) electrons. The van der Waals surface area contributed by atoms with Crippen LogP contribution in [0.1, 0.15) is 81.1 Å². The molecule has 2 aliphatic carbocycles. The van der Waals surface area contributed by atoms with Crippen molar-refractivity contribution in [3.8, 4) is 0 Å². The summed E-state index contributed by atoms with van der Waals surface area (Å²) in [5.41, 5.74) is 0.967. The molecule has 3 rings (SSSR count). The Labute approximate surface area is 131 Å². The molecule has 1 aliphatic heterocycles. The Morgan fingerprint density at radius 2 is 1.14 bits per heavy atom. The van der Waals surface area contributed by atoms with Crippen LogP contribution in [0.25, 0.3) is 0 Å². The van der Waals surface area contributed by atoms with Gasteiger partial charge in [0.25, 0.3) is 0 Å². The summed E-state index contributed by atoms with van der Waals surface area (Å²) in [6.45, 7) is 18.4. The van der Waals surface area contributed by atoms with E-state index in [1.165, 1.54) is 25.7 Å². The van der Waals surface area contributed by atoms with Gasteiger partial charge in [-0.15, -0.1) is 0 Å². The zero-order chi connectivity index (χ0) is 15.9. The summed E-state index contributed by atoms with van der Waals surface area (Å²) >= 11 is 0. The van der Waals surface area contributed by atoms with Gasteiger partial charge in [-0.1, -0.05) is 27.7 Å². The lowest BCUT2D eigenvalue weighted by Crippen LogP contribution is -2.41. The quantitative estimate of drug-likeness (QED) is 0.628. The molecule has 2 saturated carbocycles. The Hall–Kier alpha value is -0.0151. The van der Waals surface area contributed by atoms with Crippen LogP contribution in [0.15, 0.2) is 0 Å². The van der Waals surface area contributed by atoms with Gasteiger partial charge in [-0.25, -0.2) is 0 Å². The Balaban J connectivity index is 1.77. The number of hydrogen-bond donors (Lipinski definition) is 0.